The van der Waals surface area contributed by atoms with Gasteiger partial charge in [-0.25, -0.2) is 9.48 Å². The van der Waals surface area contributed by atoms with E-state index < -0.39 is 11.6 Å². The van der Waals surface area contributed by atoms with Gasteiger partial charge in [0.05, 0.1) is 15.7 Å². The van der Waals surface area contributed by atoms with Crippen LogP contribution in [0, 0.1) is 0 Å². The van der Waals surface area contributed by atoms with Gasteiger partial charge in [-0.05, 0) is 12.1 Å². The third-order valence-electron chi connectivity index (χ3n) is 2.19. The number of hydrogen-bond acceptors (Lipinski definition) is 3. The highest BCUT2D eigenvalue weighted by Crippen LogP contribution is 2.29. The molecule has 6 nitrogen and oxygen atoms in total. The van der Waals surface area contributed by atoms with Crippen molar-refractivity contribution < 1.29 is 4.79 Å². The summed E-state index contributed by atoms with van der Waals surface area (Å²) in [4.78, 5) is 25.3. The number of hydrogen-bond donors (Lipinski definition) is 2. The molecule has 0 saturated heterocycles. The molecule has 0 aliphatic carbocycles. The second-order valence-corrected chi connectivity index (χ2v) is 4.27. The van der Waals surface area contributed by atoms with Crippen molar-refractivity contribution in [3.8, 4) is 0 Å². The number of aryl methyl sites for hydroxylation is 1. The van der Waals surface area contributed by atoms with E-state index in [0.29, 0.717) is 10.0 Å². The van der Waals surface area contributed by atoms with Crippen LogP contribution in [0.1, 0.15) is 10.6 Å². The number of carbonyl (C=O) groups excluding carboxylic acids is 1. The Morgan fingerprint density at radius 2 is 2.00 bits per heavy atom. The Bertz CT molecular complexity index is 642. The maximum absolute atomic E-state index is 11.8. The first-order valence-corrected chi connectivity index (χ1v) is 5.63. The predicted octanol–water partition coefficient (Wildman–Crippen LogP) is 1.67. The molecule has 1 aromatic carbocycles. The fourth-order valence-electron chi connectivity index (χ4n) is 1.29. The molecule has 1 aromatic heterocycles. The maximum atomic E-state index is 11.8. The molecule has 0 radical (unpaired) electrons. The molecule has 0 aliphatic heterocycles. The number of amides is 1. The summed E-state index contributed by atoms with van der Waals surface area (Å²) in [5.74, 6) is -0.707. The average molecular weight is 287 g/mol. The minimum Gasteiger partial charge on any atom is -0.317 e. The third-order valence-corrected chi connectivity index (χ3v) is 2.82. The summed E-state index contributed by atoms with van der Waals surface area (Å²) in [6, 6.07) is 4.83. The SMILES string of the molecule is Cn1nc(C(=O)Nc2c(Cl)cccc2Cl)[nH]c1=O. The summed E-state index contributed by atoms with van der Waals surface area (Å²) in [5.41, 5.74) is -0.206. The summed E-state index contributed by atoms with van der Waals surface area (Å²) in [5, 5.41) is 6.80. The first-order valence-electron chi connectivity index (χ1n) is 4.87. The molecular weight excluding hydrogens is 279 g/mol. The quantitative estimate of drug-likeness (QED) is 0.881. The molecule has 0 bridgehead atoms. The molecule has 1 heterocycles. The summed E-state index contributed by atoms with van der Waals surface area (Å²) in [6.45, 7) is 0. The van der Waals surface area contributed by atoms with Gasteiger partial charge >= 0.3 is 5.69 Å². The van der Waals surface area contributed by atoms with Crippen molar-refractivity contribution in [1.29, 1.82) is 0 Å². The Labute approximate surface area is 112 Å². The summed E-state index contributed by atoms with van der Waals surface area (Å²) in [6.07, 6.45) is 0. The molecular formula is C10H8Cl2N4O2. The molecule has 2 aromatic rings. The van der Waals surface area contributed by atoms with Crippen LogP contribution in [0.5, 0.6) is 0 Å². The average Bonchev–Trinajstić information content (AvgIpc) is 2.64. The molecule has 0 atom stereocenters. The Kier molecular flexibility index (Phi) is 3.40. The molecule has 1 amide bonds. The van der Waals surface area contributed by atoms with Gasteiger partial charge in [-0.15, -0.1) is 5.10 Å². The van der Waals surface area contributed by atoms with Crippen LogP contribution in [-0.4, -0.2) is 20.7 Å². The van der Waals surface area contributed by atoms with Crippen molar-refractivity contribution in [2.45, 2.75) is 0 Å². The Morgan fingerprint density at radius 3 is 2.50 bits per heavy atom. The van der Waals surface area contributed by atoms with Gasteiger partial charge in [-0.1, -0.05) is 29.3 Å². The summed E-state index contributed by atoms with van der Waals surface area (Å²) >= 11 is 11.8. The zero-order chi connectivity index (χ0) is 13.3. The van der Waals surface area contributed by atoms with Crippen LogP contribution in [0.15, 0.2) is 23.0 Å². The van der Waals surface area contributed by atoms with E-state index in [1.165, 1.54) is 7.05 Å². The number of benzene rings is 1. The van der Waals surface area contributed by atoms with Crippen LogP contribution in [0.25, 0.3) is 0 Å². The number of para-hydroxylation sites is 1. The van der Waals surface area contributed by atoms with Gasteiger partial charge in [-0.2, -0.15) is 0 Å². The van der Waals surface area contributed by atoms with Crippen molar-refractivity contribution >= 4 is 34.8 Å². The van der Waals surface area contributed by atoms with Crippen LogP contribution in [0.3, 0.4) is 0 Å². The minimum atomic E-state index is -0.595. The van der Waals surface area contributed by atoms with Gasteiger partial charge < -0.3 is 5.32 Å². The maximum Gasteiger partial charge on any atom is 0.343 e. The third kappa shape index (κ3) is 2.39. The van der Waals surface area contributed by atoms with Gasteiger partial charge in [0.1, 0.15) is 0 Å². The van der Waals surface area contributed by atoms with E-state index in [4.69, 9.17) is 23.2 Å². The van der Waals surface area contributed by atoms with E-state index in [1.54, 1.807) is 18.2 Å². The summed E-state index contributed by atoms with van der Waals surface area (Å²) in [7, 11) is 1.43. The summed E-state index contributed by atoms with van der Waals surface area (Å²) < 4.78 is 1.02. The lowest BCUT2D eigenvalue weighted by Crippen LogP contribution is -2.15. The van der Waals surface area contributed by atoms with Crippen molar-refractivity contribution in [3.63, 3.8) is 0 Å². The molecule has 0 aliphatic rings. The van der Waals surface area contributed by atoms with Crippen molar-refractivity contribution in [2.75, 3.05) is 5.32 Å². The van der Waals surface area contributed by atoms with Crippen LogP contribution in [0.2, 0.25) is 10.0 Å². The highest BCUT2D eigenvalue weighted by Gasteiger charge is 2.15. The Balaban J connectivity index is 2.29. The van der Waals surface area contributed by atoms with Gasteiger partial charge in [0.15, 0.2) is 0 Å². The van der Waals surface area contributed by atoms with Crippen LogP contribution in [-0.2, 0) is 7.05 Å². The normalized spacial score (nSPS) is 10.4. The number of nitrogens with zero attached hydrogens (tertiary/aromatic N) is 2. The lowest BCUT2D eigenvalue weighted by molar-refractivity contribution is 0.101. The molecule has 0 saturated carbocycles. The zero-order valence-corrected chi connectivity index (χ0v) is 10.7. The highest BCUT2D eigenvalue weighted by molar-refractivity contribution is 6.39. The van der Waals surface area contributed by atoms with E-state index in [-0.39, 0.29) is 11.5 Å². The number of halogens is 2. The number of H-pyrrole nitrogens is 1. The largest absolute Gasteiger partial charge is 0.343 e. The van der Waals surface area contributed by atoms with E-state index in [0.717, 1.165) is 4.68 Å². The number of aromatic amines is 1. The van der Waals surface area contributed by atoms with Crippen molar-refractivity contribution in [3.05, 3.63) is 44.6 Å². The molecule has 0 spiro atoms. The van der Waals surface area contributed by atoms with Gasteiger partial charge in [-0.3, -0.25) is 9.78 Å². The first-order chi connectivity index (χ1) is 8.49. The van der Waals surface area contributed by atoms with Crippen LogP contribution < -0.4 is 11.0 Å². The van der Waals surface area contributed by atoms with Crippen molar-refractivity contribution in [2.24, 2.45) is 7.05 Å². The fourth-order valence-corrected chi connectivity index (χ4v) is 1.79. The molecule has 2 rings (SSSR count). The number of nitrogens with one attached hydrogen (secondary N) is 2. The van der Waals surface area contributed by atoms with Gasteiger partial charge in [0.25, 0.3) is 5.91 Å². The second-order valence-electron chi connectivity index (χ2n) is 3.45. The zero-order valence-electron chi connectivity index (χ0n) is 9.20. The minimum absolute atomic E-state index is 0.113. The van der Waals surface area contributed by atoms with Gasteiger partial charge in [0.2, 0.25) is 5.82 Å². The van der Waals surface area contributed by atoms with Gasteiger partial charge in [0, 0.05) is 7.05 Å². The van der Waals surface area contributed by atoms with E-state index >= 15 is 0 Å². The number of anilines is 1. The molecule has 8 heteroatoms. The molecule has 94 valence electrons. The second kappa shape index (κ2) is 4.83. The lowest BCUT2D eigenvalue weighted by atomic mass is 10.3. The van der Waals surface area contributed by atoms with Crippen LogP contribution in [0.4, 0.5) is 5.69 Å². The Hall–Kier alpha value is -1.79. The molecule has 2 N–H and O–H groups in total. The topological polar surface area (TPSA) is 79.8 Å². The predicted molar refractivity (Wildman–Crippen MR) is 68.2 cm³/mol. The smallest absolute Gasteiger partial charge is 0.317 e. The number of carbonyl (C=O) groups is 1. The number of aromatic nitrogens is 3. The van der Waals surface area contributed by atoms with E-state index in [2.05, 4.69) is 15.4 Å². The monoisotopic (exact) mass is 286 g/mol. The fraction of sp³-hybridized carbons (Fsp3) is 0.100. The Morgan fingerprint density at radius 1 is 1.39 bits per heavy atom. The molecule has 0 unspecified atom stereocenters. The molecule has 18 heavy (non-hydrogen) atoms. The van der Waals surface area contributed by atoms with Crippen LogP contribution >= 0.6 is 23.2 Å². The van der Waals surface area contributed by atoms with E-state index in [9.17, 15) is 9.59 Å². The highest BCUT2D eigenvalue weighted by atomic mass is 35.5. The van der Waals surface area contributed by atoms with E-state index in [1.807, 2.05) is 0 Å². The standard InChI is InChI=1S/C10H8Cl2N4O2/c1-16-10(18)14-8(15-16)9(17)13-7-5(11)3-2-4-6(7)12/h2-4H,1H3,(H,13,17)(H,14,15,18). The first kappa shape index (κ1) is 12.7. The van der Waals surface area contributed by atoms with Crippen molar-refractivity contribution in [1.82, 2.24) is 14.8 Å². The number of rotatable bonds is 2. The lowest BCUT2D eigenvalue weighted by Gasteiger charge is -2.06. The molecule has 0 fully saturated rings.